The Morgan fingerprint density at radius 1 is 1.38 bits per heavy atom. The van der Waals surface area contributed by atoms with Crippen LogP contribution in [0.25, 0.3) is 0 Å². The minimum atomic E-state index is -3.89. The SMILES string of the molecule is CCc1cc(NS(=O)(=O)c2ccc(C(N)=O)cc2N)n[nH]1. The Bertz CT molecular complexity index is 782. The van der Waals surface area contributed by atoms with Gasteiger partial charge in [0.25, 0.3) is 10.0 Å². The second kappa shape index (κ2) is 5.44. The van der Waals surface area contributed by atoms with E-state index in [0.29, 0.717) is 6.42 Å². The number of H-pyrrole nitrogens is 1. The van der Waals surface area contributed by atoms with Crippen LogP contribution >= 0.6 is 0 Å². The topological polar surface area (TPSA) is 144 Å². The van der Waals surface area contributed by atoms with Crippen LogP contribution in [0.2, 0.25) is 0 Å². The quantitative estimate of drug-likeness (QED) is 0.593. The maximum atomic E-state index is 12.2. The van der Waals surface area contributed by atoms with Gasteiger partial charge in [-0.15, -0.1) is 0 Å². The zero-order valence-electron chi connectivity index (χ0n) is 11.3. The van der Waals surface area contributed by atoms with Gasteiger partial charge in [0.15, 0.2) is 5.82 Å². The van der Waals surface area contributed by atoms with Crippen LogP contribution in [-0.4, -0.2) is 24.5 Å². The lowest BCUT2D eigenvalue weighted by Crippen LogP contribution is -2.17. The Kier molecular flexibility index (Phi) is 3.85. The average Bonchev–Trinajstić information content (AvgIpc) is 2.85. The molecule has 0 saturated heterocycles. The Hall–Kier alpha value is -2.55. The van der Waals surface area contributed by atoms with Crippen LogP contribution < -0.4 is 16.2 Å². The van der Waals surface area contributed by atoms with Gasteiger partial charge in [0.1, 0.15) is 4.90 Å². The van der Waals surface area contributed by atoms with Crippen LogP contribution in [0, 0.1) is 0 Å². The standard InChI is InChI=1S/C12H15N5O3S/c1-2-8-6-11(16-15-8)17-21(19,20)10-4-3-7(12(14)18)5-9(10)13/h3-6H,2,13H2,1H3,(H2,14,18)(H2,15,16,17). The van der Waals surface area contributed by atoms with Crippen molar-refractivity contribution in [2.24, 2.45) is 5.73 Å². The smallest absolute Gasteiger partial charge is 0.265 e. The first kappa shape index (κ1) is 14.9. The van der Waals surface area contributed by atoms with E-state index in [4.69, 9.17) is 11.5 Å². The number of hydrogen-bond donors (Lipinski definition) is 4. The van der Waals surface area contributed by atoms with E-state index < -0.39 is 15.9 Å². The number of benzene rings is 1. The molecule has 1 aromatic heterocycles. The van der Waals surface area contributed by atoms with E-state index in [1.165, 1.54) is 18.2 Å². The van der Waals surface area contributed by atoms with Crippen LogP contribution in [-0.2, 0) is 16.4 Å². The molecule has 2 rings (SSSR count). The molecule has 9 heteroatoms. The molecular weight excluding hydrogens is 294 g/mol. The number of carbonyl (C=O) groups excluding carboxylic acids is 1. The first-order chi connectivity index (χ1) is 9.83. The van der Waals surface area contributed by atoms with Gasteiger partial charge in [-0.1, -0.05) is 6.92 Å². The van der Waals surface area contributed by atoms with E-state index in [9.17, 15) is 13.2 Å². The largest absolute Gasteiger partial charge is 0.398 e. The fraction of sp³-hybridized carbons (Fsp3) is 0.167. The van der Waals surface area contributed by atoms with Crippen LogP contribution in [0.4, 0.5) is 11.5 Å². The molecule has 0 atom stereocenters. The Labute approximate surface area is 121 Å². The Balaban J connectivity index is 2.33. The number of nitrogens with two attached hydrogens (primary N) is 2. The monoisotopic (exact) mass is 309 g/mol. The summed E-state index contributed by atoms with van der Waals surface area (Å²) >= 11 is 0. The molecule has 0 fully saturated rings. The number of aromatic nitrogens is 2. The summed E-state index contributed by atoms with van der Waals surface area (Å²) in [5.74, 6) is -0.510. The van der Waals surface area contributed by atoms with Crippen molar-refractivity contribution in [3.8, 4) is 0 Å². The van der Waals surface area contributed by atoms with Crippen molar-refractivity contribution in [2.45, 2.75) is 18.2 Å². The fourth-order valence-corrected chi connectivity index (χ4v) is 2.84. The highest BCUT2D eigenvalue weighted by Gasteiger charge is 2.19. The second-order valence-corrected chi connectivity index (χ2v) is 6.01. The number of nitrogens with zero attached hydrogens (tertiary/aromatic N) is 1. The summed E-state index contributed by atoms with van der Waals surface area (Å²) < 4.78 is 26.8. The molecule has 1 heterocycles. The van der Waals surface area contributed by atoms with E-state index in [1.807, 2.05) is 6.92 Å². The van der Waals surface area contributed by atoms with Crippen molar-refractivity contribution in [3.05, 3.63) is 35.5 Å². The van der Waals surface area contributed by atoms with Gasteiger partial charge in [-0.2, -0.15) is 5.10 Å². The molecule has 6 N–H and O–H groups in total. The molecule has 0 radical (unpaired) electrons. The van der Waals surface area contributed by atoms with Gasteiger partial charge in [0.2, 0.25) is 5.91 Å². The summed E-state index contributed by atoms with van der Waals surface area (Å²) in [4.78, 5) is 10.9. The third-order valence-corrected chi connectivity index (χ3v) is 4.26. The van der Waals surface area contributed by atoms with Gasteiger partial charge in [-0.05, 0) is 24.6 Å². The number of amides is 1. The summed E-state index contributed by atoms with van der Waals surface area (Å²) in [5.41, 5.74) is 11.7. The van der Waals surface area contributed by atoms with E-state index in [1.54, 1.807) is 6.07 Å². The third kappa shape index (κ3) is 3.14. The number of aryl methyl sites for hydroxylation is 1. The first-order valence-electron chi connectivity index (χ1n) is 6.10. The number of nitrogen functional groups attached to an aromatic ring is 1. The second-order valence-electron chi connectivity index (χ2n) is 4.35. The van der Waals surface area contributed by atoms with Gasteiger partial charge in [-0.25, -0.2) is 8.42 Å². The van der Waals surface area contributed by atoms with Crippen LogP contribution in [0.3, 0.4) is 0 Å². The van der Waals surface area contributed by atoms with Crippen molar-refractivity contribution >= 4 is 27.4 Å². The summed E-state index contributed by atoms with van der Waals surface area (Å²) in [6.07, 6.45) is 0.699. The van der Waals surface area contributed by atoms with Crippen molar-refractivity contribution in [1.82, 2.24) is 10.2 Å². The highest BCUT2D eigenvalue weighted by Crippen LogP contribution is 2.22. The number of rotatable bonds is 5. The molecule has 1 aromatic carbocycles. The molecule has 0 aliphatic rings. The average molecular weight is 309 g/mol. The molecule has 0 aliphatic heterocycles. The predicted octanol–water partition coefficient (Wildman–Crippen LogP) is 0.454. The van der Waals surface area contributed by atoms with Gasteiger partial charge in [0, 0.05) is 17.3 Å². The maximum Gasteiger partial charge on any atom is 0.265 e. The molecule has 1 amide bonds. The van der Waals surface area contributed by atoms with Gasteiger partial charge in [-0.3, -0.25) is 14.6 Å². The number of carbonyl (C=O) groups is 1. The predicted molar refractivity (Wildman–Crippen MR) is 78.1 cm³/mol. The molecule has 2 aromatic rings. The number of primary amides is 1. The summed E-state index contributed by atoms with van der Waals surface area (Å²) in [6, 6.07) is 5.34. The lowest BCUT2D eigenvalue weighted by Gasteiger charge is -2.08. The number of nitrogens with one attached hydrogen (secondary N) is 2. The fourth-order valence-electron chi connectivity index (χ4n) is 1.73. The molecule has 8 nitrogen and oxygen atoms in total. The Morgan fingerprint density at radius 2 is 2.10 bits per heavy atom. The zero-order valence-corrected chi connectivity index (χ0v) is 12.1. The molecule has 21 heavy (non-hydrogen) atoms. The van der Waals surface area contributed by atoms with Gasteiger partial charge < -0.3 is 11.5 Å². The minimum absolute atomic E-state index is 0.0648. The van der Waals surface area contributed by atoms with E-state index in [-0.39, 0.29) is 22.0 Å². The van der Waals surface area contributed by atoms with Crippen LogP contribution in [0.1, 0.15) is 23.0 Å². The van der Waals surface area contributed by atoms with Crippen molar-refractivity contribution < 1.29 is 13.2 Å². The summed E-state index contributed by atoms with van der Waals surface area (Å²) in [7, 11) is -3.89. The molecular formula is C12H15N5O3S. The molecule has 112 valence electrons. The van der Waals surface area contributed by atoms with Crippen LogP contribution in [0.5, 0.6) is 0 Å². The highest BCUT2D eigenvalue weighted by atomic mass is 32.2. The first-order valence-corrected chi connectivity index (χ1v) is 7.58. The summed E-state index contributed by atoms with van der Waals surface area (Å²) in [5, 5.41) is 6.54. The number of aromatic amines is 1. The van der Waals surface area contributed by atoms with Crippen molar-refractivity contribution in [3.63, 3.8) is 0 Å². The Morgan fingerprint density at radius 3 is 2.62 bits per heavy atom. The van der Waals surface area contributed by atoms with E-state index >= 15 is 0 Å². The van der Waals surface area contributed by atoms with E-state index in [2.05, 4.69) is 14.9 Å². The minimum Gasteiger partial charge on any atom is -0.398 e. The highest BCUT2D eigenvalue weighted by molar-refractivity contribution is 7.92. The van der Waals surface area contributed by atoms with E-state index in [0.717, 1.165) is 5.69 Å². The zero-order chi connectivity index (χ0) is 15.6. The number of anilines is 2. The van der Waals surface area contributed by atoms with Crippen molar-refractivity contribution in [2.75, 3.05) is 10.5 Å². The molecule has 0 bridgehead atoms. The molecule has 0 spiro atoms. The molecule has 0 unspecified atom stereocenters. The third-order valence-electron chi connectivity index (χ3n) is 2.83. The van der Waals surface area contributed by atoms with Gasteiger partial charge in [0.05, 0.1) is 5.69 Å². The molecule has 0 aliphatic carbocycles. The normalized spacial score (nSPS) is 11.3. The van der Waals surface area contributed by atoms with Gasteiger partial charge >= 0.3 is 0 Å². The molecule has 0 saturated carbocycles. The van der Waals surface area contributed by atoms with Crippen molar-refractivity contribution in [1.29, 1.82) is 0 Å². The maximum absolute atomic E-state index is 12.2. The lowest BCUT2D eigenvalue weighted by molar-refractivity contribution is 0.1000. The number of sulfonamides is 1. The number of hydrogen-bond acceptors (Lipinski definition) is 5. The summed E-state index contributed by atoms with van der Waals surface area (Å²) in [6.45, 7) is 1.91. The van der Waals surface area contributed by atoms with Crippen LogP contribution in [0.15, 0.2) is 29.2 Å². The lowest BCUT2D eigenvalue weighted by atomic mass is 10.2.